The van der Waals surface area contributed by atoms with Crippen molar-refractivity contribution < 1.29 is 14.3 Å². The van der Waals surface area contributed by atoms with Crippen LogP contribution in [0.2, 0.25) is 0 Å². The number of benzene rings is 2. The van der Waals surface area contributed by atoms with Gasteiger partial charge in [0.25, 0.3) is 5.91 Å². The van der Waals surface area contributed by atoms with Gasteiger partial charge >= 0.3 is 0 Å². The number of hydrogen-bond donors (Lipinski definition) is 1. The Labute approximate surface area is 188 Å². The third-order valence-electron chi connectivity index (χ3n) is 5.76. The van der Waals surface area contributed by atoms with Gasteiger partial charge in [0.15, 0.2) is 0 Å². The zero-order chi connectivity index (χ0) is 22.3. The fourth-order valence-electron chi connectivity index (χ4n) is 3.98. The predicted octanol–water partition coefficient (Wildman–Crippen LogP) is 3.15. The van der Waals surface area contributed by atoms with Gasteiger partial charge in [0.05, 0.1) is 18.0 Å². The van der Waals surface area contributed by atoms with Crippen LogP contribution in [-0.4, -0.2) is 59.8 Å². The molecule has 1 aliphatic rings. The van der Waals surface area contributed by atoms with Crippen LogP contribution in [0.25, 0.3) is 16.9 Å². The first-order valence-corrected chi connectivity index (χ1v) is 10.9. The Bertz CT molecular complexity index is 1040. The molecule has 4 rings (SSSR count). The molecule has 0 saturated carbocycles. The smallest absolute Gasteiger partial charge is 0.272 e. The SMILES string of the molecule is COCCNC(=O)C1CCN(C(=O)c2cc(-c3ccccc3)nn2-c2ccccc2)CC1. The second-order valence-corrected chi connectivity index (χ2v) is 7.88. The lowest BCUT2D eigenvalue weighted by atomic mass is 9.95. The quantitative estimate of drug-likeness (QED) is 0.582. The van der Waals surface area contributed by atoms with E-state index in [1.807, 2.05) is 71.6 Å². The molecule has 2 heterocycles. The van der Waals surface area contributed by atoms with Crippen LogP contribution in [0.4, 0.5) is 0 Å². The number of carbonyl (C=O) groups excluding carboxylic acids is 2. The Balaban J connectivity index is 1.52. The highest BCUT2D eigenvalue weighted by molar-refractivity contribution is 5.94. The fourth-order valence-corrected chi connectivity index (χ4v) is 3.98. The van der Waals surface area contributed by atoms with Crippen molar-refractivity contribution in [1.82, 2.24) is 20.0 Å². The lowest BCUT2D eigenvalue weighted by molar-refractivity contribution is -0.126. The minimum Gasteiger partial charge on any atom is -0.383 e. The van der Waals surface area contributed by atoms with E-state index in [0.29, 0.717) is 44.8 Å². The second-order valence-electron chi connectivity index (χ2n) is 7.88. The maximum atomic E-state index is 13.5. The van der Waals surface area contributed by atoms with Gasteiger partial charge in [0.1, 0.15) is 5.69 Å². The predicted molar refractivity (Wildman–Crippen MR) is 123 cm³/mol. The molecular formula is C25H28N4O3. The molecule has 1 aromatic heterocycles. The number of likely N-dealkylation sites (tertiary alicyclic amines) is 1. The summed E-state index contributed by atoms with van der Waals surface area (Å²) in [5, 5.41) is 7.64. The van der Waals surface area contributed by atoms with Gasteiger partial charge in [0, 0.05) is 38.2 Å². The van der Waals surface area contributed by atoms with E-state index in [2.05, 4.69) is 5.32 Å². The maximum absolute atomic E-state index is 13.5. The molecule has 1 saturated heterocycles. The van der Waals surface area contributed by atoms with E-state index >= 15 is 0 Å². The average Bonchev–Trinajstić information content (AvgIpc) is 3.30. The molecule has 32 heavy (non-hydrogen) atoms. The Hall–Kier alpha value is -3.45. The van der Waals surface area contributed by atoms with E-state index in [4.69, 9.17) is 9.84 Å². The van der Waals surface area contributed by atoms with E-state index < -0.39 is 0 Å². The number of ether oxygens (including phenoxy) is 1. The summed E-state index contributed by atoms with van der Waals surface area (Å²) in [6.07, 6.45) is 1.30. The summed E-state index contributed by atoms with van der Waals surface area (Å²) in [5.74, 6) is -0.105. The minimum absolute atomic E-state index is 0.0369. The monoisotopic (exact) mass is 432 g/mol. The van der Waals surface area contributed by atoms with Gasteiger partial charge in [-0.25, -0.2) is 4.68 Å². The van der Waals surface area contributed by atoms with E-state index in [-0.39, 0.29) is 17.7 Å². The molecule has 0 unspecified atom stereocenters. The Morgan fingerprint density at radius 3 is 2.34 bits per heavy atom. The number of carbonyl (C=O) groups is 2. The van der Waals surface area contributed by atoms with Gasteiger partial charge in [0.2, 0.25) is 5.91 Å². The van der Waals surface area contributed by atoms with Crippen molar-refractivity contribution in [3.05, 3.63) is 72.4 Å². The molecule has 7 nitrogen and oxygen atoms in total. The molecule has 2 amide bonds. The number of aromatic nitrogens is 2. The highest BCUT2D eigenvalue weighted by Crippen LogP contribution is 2.25. The first-order valence-electron chi connectivity index (χ1n) is 10.9. The van der Waals surface area contributed by atoms with Crippen LogP contribution in [0.5, 0.6) is 0 Å². The maximum Gasteiger partial charge on any atom is 0.272 e. The lowest BCUT2D eigenvalue weighted by Crippen LogP contribution is -2.44. The van der Waals surface area contributed by atoms with Crippen molar-refractivity contribution >= 4 is 11.8 Å². The van der Waals surface area contributed by atoms with Gasteiger partial charge in [-0.3, -0.25) is 9.59 Å². The zero-order valence-corrected chi connectivity index (χ0v) is 18.2. The van der Waals surface area contributed by atoms with Crippen LogP contribution < -0.4 is 5.32 Å². The molecule has 0 aliphatic carbocycles. The fraction of sp³-hybridized carbons (Fsp3) is 0.320. The van der Waals surface area contributed by atoms with Crippen LogP contribution in [-0.2, 0) is 9.53 Å². The molecule has 0 atom stereocenters. The van der Waals surface area contributed by atoms with Crippen LogP contribution >= 0.6 is 0 Å². The number of nitrogens with one attached hydrogen (secondary N) is 1. The van der Waals surface area contributed by atoms with E-state index in [1.165, 1.54) is 0 Å². The highest BCUT2D eigenvalue weighted by atomic mass is 16.5. The molecule has 1 N–H and O–H groups in total. The third-order valence-corrected chi connectivity index (χ3v) is 5.76. The summed E-state index contributed by atoms with van der Waals surface area (Å²) in [5.41, 5.74) is 3.08. The number of piperidine rings is 1. The molecule has 2 aromatic carbocycles. The van der Waals surface area contributed by atoms with Gasteiger partial charge in [-0.2, -0.15) is 5.10 Å². The van der Waals surface area contributed by atoms with Crippen molar-refractivity contribution in [1.29, 1.82) is 0 Å². The summed E-state index contributed by atoms with van der Waals surface area (Å²) in [6.45, 7) is 2.09. The topological polar surface area (TPSA) is 76.5 Å². The van der Waals surface area contributed by atoms with Crippen LogP contribution in [0.15, 0.2) is 66.7 Å². The molecular weight excluding hydrogens is 404 g/mol. The van der Waals surface area contributed by atoms with Gasteiger partial charge < -0.3 is 15.0 Å². The minimum atomic E-state index is -0.0742. The van der Waals surface area contributed by atoms with E-state index in [9.17, 15) is 9.59 Å². The van der Waals surface area contributed by atoms with Gasteiger partial charge in [-0.05, 0) is 31.0 Å². The highest BCUT2D eigenvalue weighted by Gasteiger charge is 2.29. The van der Waals surface area contributed by atoms with Crippen LogP contribution in [0.3, 0.4) is 0 Å². The normalized spacial score (nSPS) is 14.3. The number of nitrogens with zero attached hydrogens (tertiary/aromatic N) is 3. The molecule has 1 fully saturated rings. The zero-order valence-electron chi connectivity index (χ0n) is 18.2. The molecule has 3 aromatic rings. The summed E-state index contributed by atoms with van der Waals surface area (Å²) < 4.78 is 6.70. The standard InChI is InChI=1S/C25H28N4O3/c1-32-17-14-26-24(30)20-12-15-28(16-13-20)25(31)23-18-22(19-8-4-2-5-9-19)27-29(23)21-10-6-3-7-11-21/h2-11,18,20H,12-17H2,1H3,(H,26,30). The Morgan fingerprint density at radius 1 is 1.03 bits per heavy atom. The number of hydrogen-bond acceptors (Lipinski definition) is 4. The van der Waals surface area contributed by atoms with Crippen LogP contribution in [0.1, 0.15) is 23.3 Å². The van der Waals surface area contributed by atoms with Gasteiger partial charge in [-0.15, -0.1) is 0 Å². The summed E-state index contributed by atoms with van der Waals surface area (Å²) in [6, 6.07) is 21.4. The number of rotatable bonds is 7. The largest absolute Gasteiger partial charge is 0.383 e. The summed E-state index contributed by atoms with van der Waals surface area (Å²) in [7, 11) is 1.61. The molecule has 7 heteroatoms. The number of para-hydroxylation sites is 1. The molecule has 0 bridgehead atoms. The molecule has 166 valence electrons. The Morgan fingerprint density at radius 2 is 1.69 bits per heavy atom. The van der Waals surface area contributed by atoms with Gasteiger partial charge in [-0.1, -0.05) is 48.5 Å². The number of amides is 2. The van der Waals surface area contributed by atoms with E-state index in [0.717, 1.165) is 16.9 Å². The molecule has 0 spiro atoms. The first kappa shape index (κ1) is 21.8. The second kappa shape index (κ2) is 10.2. The summed E-state index contributed by atoms with van der Waals surface area (Å²) in [4.78, 5) is 27.6. The number of methoxy groups -OCH3 is 1. The molecule has 1 aliphatic heterocycles. The first-order chi connectivity index (χ1) is 15.7. The summed E-state index contributed by atoms with van der Waals surface area (Å²) >= 11 is 0. The van der Waals surface area contributed by atoms with Crippen molar-refractivity contribution in [3.8, 4) is 16.9 Å². The van der Waals surface area contributed by atoms with Crippen molar-refractivity contribution in [2.75, 3.05) is 33.4 Å². The van der Waals surface area contributed by atoms with Crippen molar-refractivity contribution in [2.24, 2.45) is 5.92 Å². The third kappa shape index (κ3) is 4.89. The lowest BCUT2D eigenvalue weighted by Gasteiger charge is -2.31. The average molecular weight is 433 g/mol. The van der Waals surface area contributed by atoms with Crippen molar-refractivity contribution in [2.45, 2.75) is 12.8 Å². The Kier molecular flexibility index (Phi) is 6.97. The molecule has 0 radical (unpaired) electrons. The van der Waals surface area contributed by atoms with E-state index in [1.54, 1.807) is 11.8 Å². The van der Waals surface area contributed by atoms with Crippen LogP contribution in [0, 0.1) is 5.92 Å². The van der Waals surface area contributed by atoms with Crippen molar-refractivity contribution in [3.63, 3.8) is 0 Å².